The first kappa shape index (κ1) is 11.5. The molecule has 86 valence electrons. The Kier molecular flexibility index (Phi) is 3.01. The average Bonchev–Trinajstić information content (AvgIpc) is 2.28. The number of phenolic OH excluding ortho intramolecular Hbond substituents is 1. The Balaban J connectivity index is 2.73. The second-order valence-electron chi connectivity index (χ2n) is 3.65. The van der Waals surface area contributed by atoms with Crippen LogP contribution in [0.25, 0.3) is 10.8 Å². The Bertz CT molecular complexity index is 622. The van der Waals surface area contributed by atoms with Gasteiger partial charge in [-0.1, -0.05) is 24.3 Å². The number of nitrogens with zero attached hydrogens (tertiary/aromatic N) is 2. The van der Waals surface area contributed by atoms with E-state index in [-0.39, 0.29) is 10.9 Å². The smallest absolute Gasteiger partial charge is 0.211 e. The van der Waals surface area contributed by atoms with Gasteiger partial charge in [0.1, 0.15) is 5.75 Å². The van der Waals surface area contributed by atoms with E-state index < -0.39 is 0 Å². The van der Waals surface area contributed by atoms with E-state index in [4.69, 9.17) is 5.73 Å². The van der Waals surface area contributed by atoms with Crippen LogP contribution in [0.1, 0.15) is 5.56 Å². The Morgan fingerprint density at radius 3 is 2.59 bits per heavy atom. The van der Waals surface area contributed by atoms with Gasteiger partial charge in [0, 0.05) is 10.8 Å². The lowest BCUT2D eigenvalue weighted by molar-refractivity contribution is 0.481. The van der Waals surface area contributed by atoms with Crippen molar-refractivity contribution < 1.29 is 5.11 Å². The molecule has 0 radical (unpaired) electrons. The van der Waals surface area contributed by atoms with Crippen LogP contribution < -0.4 is 5.73 Å². The number of aromatic hydroxyl groups is 1. The van der Waals surface area contributed by atoms with Gasteiger partial charge in [-0.3, -0.25) is 0 Å². The number of azo groups is 1. The molecule has 2 aromatic carbocycles. The molecule has 2 aromatic rings. The third kappa shape index (κ3) is 2.24. The van der Waals surface area contributed by atoms with Crippen molar-refractivity contribution in [3.8, 4) is 5.75 Å². The van der Waals surface area contributed by atoms with E-state index in [0.717, 1.165) is 16.3 Å². The standard InChI is InChI=1S/C12H11N3OS/c1-7-6-10(16)8-4-2-3-5-9(8)11(7)14-15-12(13)17/h2-6,16H,1H3,(H2,13,17). The van der Waals surface area contributed by atoms with E-state index in [9.17, 15) is 5.11 Å². The number of nitrogens with two attached hydrogens (primary N) is 1. The summed E-state index contributed by atoms with van der Waals surface area (Å²) in [6, 6.07) is 9.07. The molecule has 0 fully saturated rings. The predicted molar refractivity (Wildman–Crippen MR) is 71.7 cm³/mol. The van der Waals surface area contributed by atoms with Crippen molar-refractivity contribution in [1.29, 1.82) is 0 Å². The van der Waals surface area contributed by atoms with Crippen molar-refractivity contribution in [2.45, 2.75) is 6.92 Å². The highest BCUT2D eigenvalue weighted by molar-refractivity contribution is 7.80. The summed E-state index contributed by atoms with van der Waals surface area (Å²) in [4.78, 5) is 0. The van der Waals surface area contributed by atoms with Crippen LogP contribution in [0.3, 0.4) is 0 Å². The number of fused-ring (bicyclic) bond motifs is 1. The summed E-state index contributed by atoms with van der Waals surface area (Å²) in [6.07, 6.45) is 0. The van der Waals surface area contributed by atoms with Gasteiger partial charge < -0.3 is 10.8 Å². The maximum absolute atomic E-state index is 9.83. The van der Waals surface area contributed by atoms with Crippen molar-refractivity contribution in [3.05, 3.63) is 35.9 Å². The number of benzene rings is 2. The van der Waals surface area contributed by atoms with Gasteiger partial charge in [-0.2, -0.15) is 0 Å². The predicted octanol–water partition coefficient (Wildman–Crippen LogP) is 3.18. The summed E-state index contributed by atoms with van der Waals surface area (Å²) < 4.78 is 0. The van der Waals surface area contributed by atoms with Gasteiger partial charge in [0.05, 0.1) is 5.69 Å². The van der Waals surface area contributed by atoms with Crippen LogP contribution in [-0.2, 0) is 0 Å². The van der Waals surface area contributed by atoms with E-state index >= 15 is 0 Å². The highest BCUT2D eigenvalue weighted by Crippen LogP contribution is 2.35. The Morgan fingerprint density at radius 1 is 1.29 bits per heavy atom. The number of aryl methyl sites for hydroxylation is 1. The Morgan fingerprint density at radius 2 is 1.94 bits per heavy atom. The van der Waals surface area contributed by atoms with Crippen molar-refractivity contribution in [1.82, 2.24) is 0 Å². The van der Waals surface area contributed by atoms with Crippen LogP contribution in [0, 0.1) is 6.92 Å². The summed E-state index contributed by atoms with van der Waals surface area (Å²) in [5, 5.41) is 19.1. The first-order chi connectivity index (χ1) is 8.09. The fourth-order valence-corrected chi connectivity index (χ4v) is 1.75. The summed E-state index contributed by atoms with van der Waals surface area (Å²) in [5.41, 5.74) is 6.78. The van der Waals surface area contributed by atoms with E-state index in [2.05, 4.69) is 22.4 Å². The first-order valence-corrected chi connectivity index (χ1v) is 5.43. The second kappa shape index (κ2) is 4.47. The molecule has 0 unspecified atom stereocenters. The SMILES string of the molecule is Cc1cc(O)c2ccccc2c1N=NC(N)=S. The molecular weight excluding hydrogens is 234 g/mol. The van der Waals surface area contributed by atoms with Gasteiger partial charge in [-0.15, -0.1) is 10.2 Å². The number of thiocarbonyl (C=S) groups is 1. The number of phenols is 1. The molecule has 0 spiro atoms. The summed E-state index contributed by atoms with van der Waals surface area (Å²) in [6.45, 7) is 1.85. The third-order valence-corrected chi connectivity index (χ3v) is 2.52. The number of hydrogen-bond donors (Lipinski definition) is 2. The molecule has 0 aliphatic heterocycles. The highest BCUT2D eigenvalue weighted by atomic mass is 32.1. The number of rotatable bonds is 1. The topological polar surface area (TPSA) is 71.0 Å². The number of hydrogen-bond acceptors (Lipinski definition) is 3. The van der Waals surface area contributed by atoms with Gasteiger partial charge in [0.2, 0.25) is 5.11 Å². The lowest BCUT2D eigenvalue weighted by Gasteiger charge is -2.06. The maximum atomic E-state index is 9.83. The van der Waals surface area contributed by atoms with Crippen molar-refractivity contribution in [2.75, 3.05) is 0 Å². The normalized spacial score (nSPS) is 11.1. The molecule has 0 amide bonds. The molecule has 2 rings (SSSR count). The Labute approximate surface area is 104 Å². The zero-order valence-corrected chi connectivity index (χ0v) is 10.0. The molecule has 0 aromatic heterocycles. The van der Waals surface area contributed by atoms with Gasteiger partial charge >= 0.3 is 0 Å². The second-order valence-corrected chi connectivity index (χ2v) is 4.06. The summed E-state index contributed by atoms with van der Waals surface area (Å²) in [5.74, 6) is 0.229. The molecule has 0 saturated carbocycles. The highest BCUT2D eigenvalue weighted by Gasteiger charge is 2.08. The van der Waals surface area contributed by atoms with E-state index in [0.29, 0.717) is 5.69 Å². The minimum atomic E-state index is -0.0124. The molecule has 0 atom stereocenters. The minimum Gasteiger partial charge on any atom is -0.507 e. The maximum Gasteiger partial charge on any atom is 0.211 e. The van der Waals surface area contributed by atoms with Gasteiger partial charge in [0.25, 0.3) is 0 Å². The van der Waals surface area contributed by atoms with Crippen LogP contribution >= 0.6 is 12.2 Å². The molecule has 0 aliphatic rings. The fourth-order valence-electron chi connectivity index (χ4n) is 1.71. The molecule has 17 heavy (non-hydrogen) atoms. The molecule has 3 N–H and O–H groups in total. The molecule has 0 bridgehead atoms. The van der Waals surface area contributed by atoms with Gasteiger partial charge in [0.15, 0.2) is 0 Å². The Hall–Kier alpha value is -2.01. The molecule has 0 heterocycles. The van der Waals surface area contributed by atoms with Crippen LogP contribution in [0.5, 0.6) is 5.75 Å². The van der Waals surface area contributed by atoms with Crippen LogP contribution in [0.4, 0.5) is 5.69 Å². The van der Waals surface area contributed by atoms with Crippen LogP contribution in [0.2, 0.25) is 0 Å². The largest absolute Gasteiger partial charge is 0.507 e. The van der Waals surface area contributed by atoms with Gasteiger partial charge in [-0.05, 0) is 30.8 Å². The zero-order valence-electron chi connectivity index (χ0n) is 9.21. The zero-order chi connectivity index (χ0) is 12.4. The minimum absolute atomic E-state index is 0.0124. The van der Waals surface area contributed by atoms with Crippen molar-refractivity contribution in [3.63, 3.8) is 0 Å². The van der Waals surface area contributed by atoms with E-state index in [1.165, 1.54) is 0 Å². The molecule has 5 heteroatoms. The van der Waals surface area contributed by atoms with E-state index in [1.807, 2.05) is 31.2 Å². The monoisotopic (exact) mass is 245 g/mol. The van der Waals surface area contributed by atoms with E-state index in [1.54, 1.807) is 6.07 Å². The van der Waals surface area contributed by atoms with Crippen molar-refractivity contribution >= 4 is 33.8 Å². The molecule has 0 saturated heterocycles. The lowest BCUT2D eigenvalue weighted by atomic mass is 10.0. The first-order valence-electron chi connectivity index (χ1n) is 5.02. The average molecular weight is 245 g/mol. The van der Waals surface area contributed by atoms with Crippen LogP contribution in [-0.4, -0.2) is 10.2 Å². The molecule has 0 aliphatic carbocycles. The summed E-state index contributed by atoms with van der Waals surface area (Å²) in [7, 11) is 0. The lowest BCUT2D eigenvalue weighted by Crippen LogP contribution is -2.01. The third-order valence-electron chi connectivity index (χ3n) is 2.43. The van der Waals surface area contributed by atoms with Crippen LogP contribution in [0.15, 0.2) is 40.6 Å². The fraction of sp³-hybridized carbons (Fsp3) is 0.0833. The molecular formula is C12H11N3OS. The quantitative estimate of drug-likeness (QED) is 0.598. The van der Waals surface area contributed by atoms with Gasteiger partial charge in [-0.25, -0.2) is 0 Å². The molecule has 4 nitrogen and oxygen atoms in total. The summed E-state index contributed by atoms with van der Waals surface area (Å²) >= 11 is 4.65. The van der Waals surface area contributed by atoms with Crippen molar-refractivity contribution in [2.24, 2.45) is 16.0 Å².